The molecule has 3 N–H and O–H groups in total. The van der Waals surface area contributed by atoms with Crippen molar-refractivity contribution in [1.82, 2.24) is 0 Å². The van der Waals surface area contributed by atoms with Gasteiger partial charge in [-0.25, -0.2) is 4.57 Å². The highest BCUT2D eigenvalue weighted by atomic mass is 31.2. The Morgan fingerprint density at radius 2 is 1.79 bits per heavy atom. The van der Waals surface area contributed by atoms with Gasteiger partial charge in [0.05, 0.1) is 49.8 Å². The summed E-state index contributed by atoms with van der Waals surface area (Å²) >= 11 is 0. The van der Waals surface area contributed by atoms with Crippen LogP contribution in [0.4, 0.5) is 0 Å². The number of hydrogen-bond acceptors (Lipinski definition) is 8. The van der Waals surface area contributed by atoms with Gasteiger partial charge >= 0.3 is 7.82 Å². The van der Waals surface area contributed by atoms with Crippen molar-refractivity contribution in [2.24, 2.45) is 5.73 Å². The van der Waals surface area contributed by atoms with Gasteiger partial charge in [0.1, 0.15) is 18.3 Å². The second-order valence-corrected chi connectivity index (χ2v) is 9.52. The number of nitrogens with two attached hydrogens (primary N) is 1. The van der Waals surface area contributed by atoms with Crippen LogP contribution in [0.25, 0.3) is 0 Å². The van der Waals surface area contributed by atoms with Gasteiger partial charge in [-0.1, -0.05) is 0 Å². The molecule has 28 heavy (non-hydrogen) atoms. The zero-order valence-electron chi connectivity index (χ0n) is 17.6. The fourth-order valence-electron chi connectivity index (χ4n) is 3.43. The van der Waals surface area contributed by atoms with Crippen LogP contribution in [-0.2, 0) is 32.6 Å². The lowest BCUT2D eigenvalue weighted by Gasteiger charge is -2.26. The monoisotopic (exact) mass is 425 g/mol. The van der Waals surface area contributed by atoms with E-state index in [1.807, 2.05) is 34.6 Å². The Balaban J connectivity index is 1.93. The second-order valence-electron chi connectivity index (χ2n) is 8.12. The zero-order chi connectivity index (χ0) is 21.1. The number of hydrogen-bond donors (Lipinski definition) is 2. The Bertz CT molecular complexity index is 534. The lowest BCUT2D eigenvalue weighted by Crippen LogP contribution is -2.42. The summed E-state index contributed by atoms with van der Waals surface area (Å²) in [6.45, 7) is 11.5. The van der Waals surface area contributed by atoms with E-state index in [0.29, 0.717) is 6.42 Å². The summed E-state index contributed by atoms with van der Waals surface area (Å²) in [5.41, 5.74) is 6.10. The first kappa shape index (κ1) is 24.2. The van der Waals surface area contributed by atoms with Crippen LogP contribution in [0.15, 0.2) is 0 Å². The van der Waals surface area contributed by atoms with Crippen LogP contribution >= 0.6 is 7.82 Å². The van der Waals surface area contributed by atoms with Gasteiger partial charge in [0, 0.05) is 6.42 Å². The molecule has 2 saturated heterocycles. The number of ether oxygens (including phenoxy) is 4. The van der Waals surface area contributed by atoms with E-state index in [-0.39, 0.29) is 43.7 Å². The quantitative estimate of drug-likeness (QED) is 0.507. The van der Waals surface area contributed by atoms with E-state index in [9.17, 15) is 9.46 Å². The van der Waals surface area contributed by atoms with Crippen molar-refractivity contribution in [3.63, 3.8) is 0 Å². The first-order valence-electron chi connectivity index (χ1n) is 9.97. The van der Waals surface area contributed by atoms with Crippen LogP contribution < -0.4 is 5.73 Å². The summed E-state index contributed by atoms with van der Waals surface area (Å²) in [4.78, 5) is 10.2. The Morgan fingerprint density at radius 3 is 2.39 bits per heavy atom. The summed E-state index contributed by atoms with van der Waals surface area (Å²) in [6, 6.07) is -0.565. The molecule has 2 rings (SSSR count). The molecule has 2 heterocycles. The molecule has 2 aliphatic heterocycles. The summed E-state index contributed by atoms with van der Waals surface area (Å²) < 4.78 is 46.0. The van der Waals surface area contributed by atoms with E-state index in [1.54, 1.807) is 6.92 Å². The van der Waals surface area contributed by atoms with Crippen LogP contribution in [0.5, 0.6) is 0 Å². The van der Waals surface area contributed by atoms with E-state index in [0.717, 1.165) is 0 Å². The maximum atomic E-state index is 12.5. The predicted molar refractivity (Wildman–Crippen MR) is 103 cm³/mol. The third kappa shape index (κ3) is 7.00. The molecule has 0 saturated carbocycles. The van der Waals surface area contributed by atoms with E-state index in [1.165, 1.54) is 0 Å². The average molecular weight is 425 g/mol. The maximum Gasteiger partial charge on any atom is 0.472 e. The van der Waals surface area contributed by atoms with Gasteiger partial charge in [-0.05, 0) is 41.5 Å². The number of phosphoric ester groups is 1. The SMILES string of the molecule is CC(C)OC[C@H]1O[C@@H](C)[C@@H](N)C1OP(=O)(O)OCC1O[C@@H](C)CC1OC(C)C. The Hall–Kier alpha value is -0.0900. The van der Waals surface area contributed by atoms with Crippen molar-refractivity contribution in [1.29, 1.82) is 0 Å². The highest BCUT2D eigenvalue weighted by molar-refractivity contribution is 7.47. The van der Waals surface area contributed by atoms with Crippen LogP contribution in [0.2, 0.25) is 0 Å². The summed E-state index contributed by atoms with van der Waals surface area (Å²) in [7, 11) is -4.37. The van der Waals surface area contributed by atoms with Gasteiger partial charge in [0.2, 0.25) is 0 Å². The molecule has 0 bridgehead atoms. The minimum Gasteiger partial charge on any atom is -0.376 e. The molecular weight excluding hydrogens is 389 g/mol. The highest BCUT2D eigenvalue weighted by Crippen LogP contribution is 2.47. The van der Waals surface area contributed by atoms with Gasteiger partial charge in [-0.3, -0.25) is 9.05 Å². The molecule has 4 unspecified atom stereocenters. The molecule has 0 spiro atoms. The third-order valence-electron chi connectivity index (χ3n) is 4.76. The minimum absolute atomic E-state index is 0.00652. The molecule has 2 aliphatic rings. The van der Waals surface area contributed by atoms with Crippen molar-refractivity contribution in [2.45, 2.75) is 103 Å². The van der Waals surface area contributed by atoms with Gasteiger partial charge in [0.25, 0.3) is 0 Å². The van der Waals surface area contributed by atoms with Crippen molar-refractivity contribution in [2.75, 3.05) is 13.2 Å². The van der Waals surface area contributed by atoms with Gasteiger partial charge in [-0.2, -0.15) is 0 Å². The van der Waals surface area contributed by atoms with Crippen molar-refractivity contribution < 1.29 is 37.5 Å². The second kappa shape index (κ2) is 10.3. The number of phosphoric acid groups is 1. The fraction of sp³-hybridized carbons (Fsp3) is 1.00. The molecular formula is C18H36NO8P. The third-order valence-corrected chi connectivity index (χ3v) is 5.75. The normalized spacial score (nSPS) is 38.4. The molecule has 9 nitrogen and oxygen atoms in total. The molecule has 2 fully saturated rings. The largest absolute Gasteiger partial charge is 0.472 e. The molecule has 0 aromatic heterocycles. The van der Waals surface area contributed by atoms with Crippen molar-refractivity contribution >= 4 is 7.82 Å². The van der Waals surface area contributed by atoms with Gasteiger partial charge < -0.3 is 29.6 Å². The van der Waals surface area contributed by atoms with Crippen LogP contribution in [0.3, 0.4) is 0 Å². The molecule has 0 amide bonds. The molecule has 0 aromatic carbocycles. The van der Waals surface area contributed by atoms with Gasteiger partial charge in [0.15, 0.2) is 0 Å². The standard InChI is InChI=1S/C18H36NO8P/c1-10(2)22-8-16-18(17(19)13(6)26-16)27-28(20,21)23-9-15-14(24-11(3)4)7-12(5)25-15/h10-18H,7-9,19H2,1-6H3,(H,20,21)/t12-,13-,14?,15?,16+,17+,18?/m0/s1. The van der Waals surface area contributed by atoms with Crippen LogP contribution in [-0.4, -0.2) is 73.0 Å². The predicted octanol–water partition coefficient (Wildman–Crippen LogP) is 2.00. The summed E-state index contributed by atoms with van der Waals surface area (Å²) in [5, 5.41) is 0. The molecule has 8 atom stereocenters. The van der Waals surface area contributed by atoms with E-state index in [2.05, 4.69) is 0 Å². The molecule has 0 aromatic rings. The average Bonchev–Trinajstić information content (AvgIpc) is 3.04. The molecule has 166 valence electrons. The fourth-order valence-corrected chi connectivity index (χ4v) is 4.41. The Morgan fingerprint density at radius 1 is 1.11 bits per heavy atom. The number of rotatable bonds is 10. The van der Waals surface area contributed by atoms with Crippen LogP contribution in [0, 0.1) is 0 Å². The topological polar surface area (TPSA) is 119 Å². The van der Waals surface area contributed by atoms with E-state index < -0.39 is 32.2 Å². The lowest BCUT2D eigenvalue weighted by atomic mass is 10.1. The first-order valence-corrected chi connectivity index (χ1v) is 11.5. The van der Waals surface area contributed by atoms with Crippen molar-refractivity contribution in [3.8, 4) is 0 Å². The van der Waals surface area contributed by atoms with Gasteiger partial charge in [-0.15, -0.1) is 0 Å². The Labute approximate surface area is 167 Å². The van der Waals surface area contributed by atoms with E-state index in [4.69, 9.17) is 33.7 Å². The summed E-state index contributed by atoms with van der Waals surface area (Å²) in [6.07, 6.45) is -1.60. The van der Waals surface area contributed by atoms with Crippen molar-refractivity contribution in [3.05, 3.63) is 0 Å². The molecule has 0 radical (unpaired) electrons. The first-order chi connectivity index (χ1) is 13.0. The summed E-state index contributed by atoms with van der Waals surface area (Å²) in [5.74, 6) is 0. The zero-order valence-corrected chi connectivity index (χ0v) is 18.5. The molecule has 0 aliphatic carbocycles. The highest BCUT2D eigenvalue weighted by Gasteiger charge is 2.46. The minimum atomic E-state index is -4.37. The smallest absolute Gasteiger partial charge is 0.376 e. The van der Waals surface area contributed by atoms with E-state index >= 15 is 0 Å². The molecule has 10 heteroatoms. The lowest BCUT2D eigenvalue weighted by molar-refractivity contribution is -0.0701. The van der Waals surface area contributed by atoms with Crippen LogP contribution in [0.1, 0.15) is 48.0 Å². The Kier molecular flexibility index (Phi) is 8.88. The maximum absolute atomic E-state index is 12.5.